The van der Waals surface area contributed by atoms with E-state index < -0.39 is 51.1 Å². The summed E-state index contributed by atoms with van der Waals surface area (Å²) in [7, 11) is -4.71. The van der Waals surface area contributed by atoms with Crippen LogP contribution in [0.2, 0.25) is 0 Å². The SMILES string of the molecule is CCCCC/C=C\C/C=C\C/C=C\CCCCC(=O)OC[C@H](COP(=O)(O)OC[C@H](N)C(=O)O)OC(=O)CCCCCCCCCCCCC. The number of carbonyl (C=O) groups is 3. The minimum atomic E-state index is -4.71. The van der Waals surface area contributed by atoms with Crippen LogP contribution in [-0.4, -0.2) is 59.9 Å². The Labute approximate surface area is 302 Å². The van der Waals surface area contributed by atoms with Gasteiger partial charge in [0.25, 0.3) is 0 Å². The highest BCUT2D eigenvalue weighted by Gasteiger charge is 2.28. The van der Waals surface area contributed by atoms with E-state index in [9.17, 15) is 23.8 Å². The summed E-state index contributed by atoms with van der Waals surface area (Å²) in [5, 5.41) is 8.85. The first kappa shape index (κ1) is 47.7. The van der Waals surface area contributed by atoms with Gasteiger partial charge in [-0.05, 0) is 51.4 Å². The lowest BCUT2D eigenvalue weighted by molar-refractivity contribution is -0.161. The number of carbonyl (C=O) groups excluding carboxylic acids is 2. The average Bonchev–Trinajstić information content (AvgIpc) is 3.09. The van der Waals surface area contributed by atoms with Gasteiger partial charge in [0.2, 0.25) is 0 Å². The normalized spacial score (nSPS) is 14.3. The van der Waals surface area contributed by atoms with Gasteiger partial charge in [-0.25, -0.2) is 4.57 Å². The quantitative estimate of drug-likeness (QED) is 0.0246. The Bertz CT molecular complexity index is 1000. The Hall–Kier alpha value is -2.30. The van der Waals surface area contributed by atoms with Crippen molar-refractivity contribution in [1.82, 2.24) is 0 Å². The van der Waals surface area contributed by atoms with Crippen LogP contribution < -0.4 is 5.73 Å². The predicted molar refractivity (Wildman–Crippen MR) is 199 cm³/mol. The second-order valence-corrected chi connectivity index (χ2v) is 14.2. The molecule has 0 aromatic carbocycles. The second-order valence-electron chi connectivity index (χ2n) is 12.7. The van der Waals surface area contributed by atoms with Gasteiger partial charge in [-0.2, -0.15) is 0 Å². The largest absolute Gasteiger partial charge is 0.480 e. The molecule has 0 aliphatic carbocycles. The number of phosphoric ester groups is 1. The number of ether oxygens (including phenoxy) is 2. The molecule has 0 aromatic rings. The van der Waals surface area contributed by atoms with Crippen LogP contribution in [-0.2, 0) is 37.5 Å². The van der Waals surface area contributed by atoms with Gasteiger partial charge in [0.15, 0.2) is 6.10 Å². The summed E-state index contributed by atoms with van der Waals surface area (Å²) in [6.07, 6.45) is 33.6. The molecule has 50 heavy (non-hydrogen) atoms. The molecule has 0 aliphatic rings. The van der Waals surface area contributed by atoms with Crippen molar-refractivity contribution >= 4 is 25.7 Å². The fraction of sp³-hybridized carbons (Fsp3) is 0.763. The van der Waals surface area contributed by atoms with E-state index in [1.165, 1.54) is 64.2 Å². The third-order valence-electron chi connectivity index (χ3n) is 7.89. The lowest BCUT2D eigenvalue weighted by atomic mass is 10.1. The maximum absolute atomic E-state index is 12.5. The highest BCUT2D eigenvalue weighted by atomic mass is 31.2. The molecule has 4 N–H and O–H groups in total. The van der Waals surface area contributed by atoms with Crippen LogP contribution in [0, 0.1) is 0 Å². The average molecular weight is 730 g/mol. The Morgan fingerprint density at radius 2 is 1.06 bits per heavy atom. The lowest BCUT2D eigenvalue weighted by Crippen LogP contribution is -2.34. The zero-order valence-corrected chi connectivity index (χ0v) is 31.9. The highest BCUT2D eigenvalue weighted by Crippen LogP contribution is 2.43. The summed E-state index contributed by atoms with van der Waals surface area (Å²) in [6.45, 7) is 2.70. The number of hydrogen-bond acceptors (Lipinski definition) is 9. The van der Waals surface area contributed by atoms with Crippen molar-refractivity contribution in [2.75, 3.05) is 19.8 Å². The van der Waals surface area contributed by atoms with Crippen molar-refractivity contribution in [3.63, 3.8) is 0 Å². The number of nitrogens with two attached hydrogens (primary N) is 1. The van der Waals surface area contributed by atoms with Crippen LogP contribution in [0.1, 0.15) is 155 Å². The van der Waals surface area contributed by atoms with E-state index in [2.05, 4.69) is 54.8 Å². The van der Waals surface area contributed by atoms with E-state index in [1.807, 2.05) is 0 Å². The first-order chi connectivity index (χ1) is 24.1. The number of carboxylic acids is 1. The zero-order valence-electron chi connectivity index (χ0n) is 31.0. The van der Waals surface area contributed by atoms with E-state index in [0.717, 1.165) is 51.4 Å². The number of allylic oxidation sites excluding steroid dienone is 6. The molecule has 290 valence electrons. The zero-order chi connectivity index (χ0) is 37.1. The smallest absolute Gasteiger partial charge is 0.472 e. The van der Waals surface area contributed by atoms with Crippen LogP contribution >= 0.6 is 7.82 Å². The molecule has 0 amide bonds. The minimum absolute atomic E-state index is 0.154. The third-order valence-corrected chi connectivity index (χ3v) is 8.84. The summed E-state index contributed by atoms with van der Waals surface area (Å²) >= 11 is 0. The molecule has 0 aromatic heterocycles. The van der Waals surface area contributed by atoms with E-state index in [4.69, 9.17) is 24.8 Å². The van der Waals surface area contributed by atoms with Crippen molar-refractivity contribution in [3.05, 3.63) is 36.5 Å². The van der Waals surface area contributed by atoms with Crippen LogP contribution in [0.5, 0.6) is 0 Å². The maximum Gasteiger partial charge on any atom is 0.472 e. The lowest BCUT2D eigenvalue weighted by Gasteiger charge is -2.20. The summed E-state index contributed by atoms with van der Waals surface area (Å²) in [4.78, 5) is 45.7. The van der Waals surface area contributed by atoms with E-state index >= 15 is 0 Å². The summed E-state index contributed by atoms with van der Waals surface area (Å²) in [6, 6.07) is -1.52. The molecule has 11 nitrogen and oxygen atoms in total. The summed E-state index contributed by atoms with van der Waals surface area (Å²) < 4.78 is 32.5. The van der Waals surface area contributed by atoms with Crippen LogP contribution in [0.3, 0.4) is 0 Å². The summed E-state index contributed by atoms with van der Waals surface area (Å²) in [5.74, 6) is -2.43. The van der Waals surface area contributed by atoms with E-state index in [-0.39, 0.29) is 19.4 Å². The van der Waals surface area contributed by atoms with Gasteiger partial charge in [0.1, 0.15) is 12.6 Å². The van der Waals surface area contributed by atoms with E-state index in [1.54, 1.807) is 0 Å². The molecule has 0 saturated heterocycles. The Morgan fingerprint density at radius 1 is 0.620 bits per heavy atom. The molecule has 1 unspecified atom stereocenters. The molecule has 0 rings (SSSR count). The number of esters is 2. The maximum atomic E-state index is 12.5. The van der Waals surface area contributed by atoms with Gasteiger partial charge in [0, 0.05) is 12.8 Å². The van der Waals surface area contributed by atoms with Crippen LogP contribution in [0.25, 0.3) is 0 Å². The first-order valence-electron chi connectivity index (χ1n) is 19.0. The van der Waals surface area contributed by atoms with Crippen molar-refractivity contribution in [3.8, 4) is 0 Å². The van der Waals surface area contributed by atoms with Gasteiger partial charge in [0.05, 0.1) is 13.2 Å². The molecular weight excluding hydrogens is 661 g/mol. The monoisotopic (exact) mass is 729 g/mol. The molecule has 0 radical (unpaired) electrons. The number of rotatable bonds is 35. The van der Waals surface area contributed by atoms with Crippen molar-refractivity contribution in [2.24, 2.45) is 5.73 Å². The molecule has 12 heteroatoms. The molecule has 0 fully saturated rings. The molecule has 3 atom stereocenters. The Kier molecular flexibility index (Phi) is 32.3. The number of phosphoric acid groups is 1. The standard InChI is InChI=1S/C38H68NO10P/c1-3-5-7-9-11-13-15-16-17-18-20-21-23-25-27-29-36(40)46-31-34(32-47-50(44,45)48-33-35(39)38(42)43)49-37(41)30-28-26-24-22-19-14-12-10-8-6-4-2/h11,13,16-17,20-21,34-35H,3-10,12,14-15,18-19,22-33,39H2,1-2H3,(H,42,43)(H,44,45)/b13-11-,17-16-,21-20-/t34-,35+/m1/s1. The molecule has 0 saturated carbocycles. The number of hydrogen-bond donors (Lipinski definition) is 3. The Balaban J connectivity index is 4.51. The molecular formula is C38H68NO10P. The van der Waals surface area contributed by atoms with Gasteiger partial charge >= 0.3 is 25.7 Å². The van der Waals surface area contributed by atoms with Crippen LogP contribution in [0.4, 0.5) is 0 Å². The molecule has 0 spiro atoms. The highest BCUT2D eigenvalue weighted by molar-refractivity contribution is 7.47. The minimum Gasteiger partial charge on any atom is -0.480 e. The van der Waals surface area contributed by atoms with E-state index in [0.29, 0.717) is 12.8 Å². The first-order valence-corrected chi connectivity index (χ1v) is 20.5. The molecule has 0 aliphatic heterocycles. The van der Waals surface area contributed by atoms with Gasteiger partial charge in [-0.15, -0.1) is 0 Å². The molecule has 0 bridgehead atoms. The number of carboxylic acid groups (broad SMARTS) is 1. The topological polar surface area (TPSA) is 172 Å². The Morgan fingerprint density at radius 3 is 1.62 bits per heavy atom. The predicted octanol–water partition coefficient (Wildman–Crippen LogP) is 9.28. The van der Waals surface area contributed by atoms with Gasteiger partial charge in [-0.1, -0.05) is 127 Å². The fourth-order valence-corrected chi connectivity index (χ4v) is 5.61. The fourth-order valence-electron chi connectivity index (χ4n) is 4.83. The number of unbranched alkanes of at least 4 members (excludes halogenated alkanes) is 15. The third kappa shape index (κ3) is 32.9. The van der Waals surface area contributed by atoms with Crippen molar-refractivity contribution < 1.29 is 47.5 Å². The van der Waals surface area contributed by atoms with Gasteiger partial charge < -0.3 is 25.2 Å². The van der Waals surface area contributed by atoms with Crippen molar-refractivity contribution in [2.45, 2.75) is 167 Å². The number of aliphatic carboxylic acids is 1. The van der Waals surface area contributed by atoms with Crippen molar-refractivity contribution in [1.29, 1.82) is 0 Å². The van der Waals surface area contributed by atoms with Gasteiger partial charge in [-0.3, -0.25) is 23.4 Å². The second kappa shape index (κ2) is 33.8. The van der Waals surface area contributed by atoms with Crippen LogP contribution in [0.15, 0.2) is 36.5 Å². The molecule has 0 heterocycles. The summed E-state index contributed by atoms with van der Waals surface area (Å²) in [5.41, 5.74) is 5.31.